The van der Waals surface area contributed by atoms with E-state index < -0.39 is 0 Å². The van der Waals surface area contributed by atoms with Crippen molar-refractivity contribution in [1.29, 1.82) is 0 Å². The van der Waals surface area contributed by atoms with Crippen LogP contribution in [0.1, 0.15) is 74.9 Å². The Balaban J connectivity index is 0.905. The van der Waals surface area contributed by atoms with Crippen LogP contribution in [0.5, 0.6) is 11.5 Å². The summed E-state index contributed by atoms with van der Waals surface area (Å²) in [6.07, 6.45) is 0. The number of phenols is 2. The Bertz CT molecular complexity index is 2860. The Morgan fingerprint density at radius 2 is 0.407 bits per heavy atom. The van der Waals surface area contributed by atoms with Gasteiger partial charge in [0, 0.05) is 16.2 Å². The van der Waals surface area contributed by atoms with Crippen molar-refractivity contribution in [2.75, 3.05) is 0 Å². The van der Waals surface area contributed by atoms with Gasteiger partial charge in [0.15, 0.2) is 0 Å². The largest absolute Gasteiger partial charge is 0.508 e. The number of aromatic hydroxyl groups is 2. The monoisotopic (exact) mass is 762 g/mol. The summed E-state index contributed by atoms with van der Waals surface area (Å²) >= 11 is 0. The second kappa shape index (κ2) is 12.2. The van der Waals surface area contributed by atoms with Gasteiger partial charge in [0.2, 0.25) is 0 Å². The van der Waals surface area contributed by atoms with E-state index in [4.69, 9.17) is 0 Å². The molecule has 2 N–H and O–H groups in total. The van der Waals surface area contributed by atoms with Crippen LogP contribution in [-0.2, 0) is 16.2 Å². The molecule has 286 valence electrons. The van der Waals surface area contributed by atoms with E-state index in [0.717, 1.165) is 11.1 Å². The molecule has 8 aromatic rings. The van der Waals surface area contributed by atoms with E-state index in [2.05, 4.69) is 151 Å². The van der Waals surface area contributed by atoms with Crippen molar-refractivity contribution >= 4 is 0 Å². The van der Waals surface area contributed by atoms with E-state index in [9.17, 15) is 10.2 Å². The maximum Gasteiger partial charge on any atom is 0.115 e. The predicted molar refractivity (Wildman–Crippen MR) is 244 cm³/mol. The molecular formula is C57H46O2. The van der Waals surface area contributed by atoms with Crippen molar-refractivity contribution in [3.05, 3.63) is 191 Å². The van der Waals surface area contributed by atoms with Gasteiger partial charge in [-0.2, -0.15) is 0 Å². The minimum Gasteiger partial charge on any atom is -0.508 e. The summed E-state index contributed by atoms with van der Waals surface area (Å²) in [5.74, 6) is 0.571. The van der Waals surface area contributed by atoms with Gasteiger partial charge in [-0.1, -0.05) is 139 Å². The summed E-state index contributed by atoms with van der Waals surface area (Å²) in [4.78, 5) is 0. The van der Waals surface area contributed by atoms with Gasteiger partial charge in [-0.15, -0.1) is 0 Å². The highest BCUT2D eigenvalue weighted by molar-refractivity contribution is 5.90. The molecule has 0 saturated heterocycles. The SMILES string of the molecule is CC1(C)c2cc(-c3ccc(O)cc3)ccc2-c2ccc(-c3ccc4c(c3)C(C)(C)c3cc(-c5ccc6c(c5)C(C)(C)c5cc(-c7ccc(O)cc7)ccc5-6)ccc3-4)cc21. The van der Waals surface area contributed by atoms with Crippen LogP contribution in [0.25, 0.3) is 77.9 Å². The smallest absolute Gasteiger partial charge is 0.115 e. The van der Waals surface area contributed by atoms with Crippen LogP contribution in [0.4, 0.5) is 0 Å². The average molecular weight is 763 g/mol. The lowest BCUT2D eigenvalue weighted by atomic mass is 9.79. The highest BCUT2D eigenvalue weighted by Gasteiger charge is 2.39. The third kappa shape index (κ3) is 5.18. The first-order valence-corrected chi connectivity index (χ1v) is 20.8. The molecule has 3 aliphatic rings. The molecule has 2 nitrogen and oxygen atoms in total. The van der Waals surface area contributed by atoms with Crippen molar-refractivity contribution in [1.82, 2.24) is 0 Å². The van der Waals surface area contributed by atoms with Crippen LogP contribution in [0, 0.1) is 0 Å². The molecule has 0 aliphatic heterocycles. The van der Waals surface area contributed by atoms with Crippen molar-refractivity contribution in [2.24, 2.45) is 0 Å². The molecule has 2 heteroatoms. The summed E-state index contributed by atoms with van der Waals surface area (Å²) in [7, 11) is 0. The molecule has 0 fully saturated rings. The van der Waals surface area contributed by atoms with Crippen LogP contribution < -0.4 is 0 Å². The first-order valence-electron chi connectivity index (χ1n) is 20.8. The predicted octanol–water partition coefficient (Wildman–Crippen LogP) is 14.7. The Morgan fingerprint density at radius 3 is 0.610 bits per heavy atom. The molecular weight excluding hydrogens is 717 g/mol. The fourth-order valence-electron chi connectivity index (χ4n) is 10.6. The summed E-state index contributed by atoms with van der Waals surface area (Å²) in [6.45, 7) is 14.1. The summed E-state index contributed by atoms with van der Waals surface area (Å²) in [6, 6.07) is 56.9. The van der Waals surface area contributed by atoms with Gasteiger partial charge in [0.25, 0.3) is 0 Å². The van der Waals surface area contributed by atoms with Crippen molar-refractivity contribution in [2.45, 2.75) is 57.8 Å². The lowest BCUT2D eigenvalue weighted by Gasteiger charge is -2.24. The van der Waals surface area contributed by atoms with Gasteiger partial charge in [-0.25, -0.2) is 0 Å². The fraction of sp³-hybridized carbons (Fsp3) is 0.158. The summed E-state index contributed by atoms with van der Waals surface area (Å²) in [5.41, 5.74) is 25.1. The van der Waals surface area contributed by atoms with E-state index in [1.54, 1.807) is 24.3 Å². The highest BCUT2D eigenvalue weighted by Crippen LogP contribution is 2.54. The Morgan fingerprint density at radius 1 is 0.237 bits per heavy atom. The van der Waals surface area contributed by atoms with Crippen LogP contribution in [-0.4, -0.2) is 10.2 Å². The second-order valence-electron chi connectivity index (χ2n) is 18.5. The van der Waals surface area contributed by atoms with Gasteiger partial charge < -0.3 is 10.2 Å². The van der Waals surface area contributed by atoms with Crippen LogP contribution in [0.2, 0.25) is 0 Å². The Hall–Kier alpha value is -6.64. The third-order valence-electron chi connectivity index (χ3n) is 14.1. The molecule has 0 spiro atoms. The standard InChI is InChI=1S/C57H46O2/c1-55(2)49-27-35(33-7-17-41(58)18-8-33)11-21-43(49)45-23-13-37(29-51(45)55)39-15-25-47-48-26-16-40(32-54(48)57(5,6)53(47)31-39)38-14-24-46-44-22-12-36(34-9-19-42(59)20-10-34)28-50(44)56(3,4)52(46)30-38/h7-32,58-59H,1-6H3. The summed E-state index contributed by atoms with van der Waals surface area (Å²) < 4.78 is 0. The van der Waals surface area contributed by atoms with E-state index >= 15 is 0 Å². The molecule has 0 radical (unpaired) electrons. The highest BCUT2D eigenvalue weighted by atomic mass is 16.3. The maximum absolute atomic E-state index is 9.85. The molecule has 0 atom stereocenters. The summed E-state index contributed by atoms with van der Waals surface area (Å²) in [5, 5.41) is 19.7. The molecule has 0 heterocycles. The van der Waals surface area contributed by atoms with E-state index in [1.165, 1.54) is 100 Å². The van der Waals surface area contributed by atoms with Gasteiger partial charge in [-0.3, -0.25) is 0 Å². The quantitative estimate of drug-likeness (QED) is 0.187. The zero-order valence-electron chi connectivity index (χ0n) is 34.4. The average Bonchev–Trinajstić information content (AvgIpc) is 3.72. The molecule has 0 unspecified atom stereocenters. The molecule has 11 rings (SSSR count). The zero-order valence-corrected chi connectivity index (χ0v) is 34.4. The zero-order chi connectivity index (χ0) is 40.6. The van der Waals surface area contributed by atoms with E-state index in [-0.39, 0.29) is 27.7 Å². The number of hydrogen-bond acceptors (Lipinski definition) is 2. The van der Waals surface area contributed by atoms with Gasteiger partial charge >= 0.3 is 0 Å². The minimum atomic E-state index is -0.162. The first kappa shape index (κ1) is 35.5. The Labute approximate surface area is 347 Å². The lowest BCUT2D eigenvalue weighted by Crippen LogP contribution is -2.16. The van der Waals surface area contributed by atoms with E-state index in [0.29, 0.717) is 0 Å². The minimum absolute atomic E-state index is 0.150. The van der Waals surface area contributed by atoms with Crippen molar-refractivity contribution in [3.63, 3.8) is 0 Å². The van der Waals surface area contributed by atoms with Gasteiger partial charge in [-0.05, 0) is 172 Å². The molecule has 0 amide bonds. The lowest BCUT2D eigenvalue weighted by molar-refractivity contribution is 0.475. The first-order chi connectivity index (χ1) is 28.3. The molecule has 3 aliphatic carbocycles. The fourth-order valence-corrected chi connectivity index (χ4v) is 10.6. The number of phenolic OH excluding ortho intramolecular Hbond substituents is 2. The van der Waals surface area contributed by atoms with Crippen LogP contribution in [0.3, 0.4) is 0 Å². The van der Waals surface area contributed by atoms with Crippen molar-refractivity contribution < 1.29 is 10.2 Å². The molecule has 0 bridgehead atoms. The molecule has 0 saturated carbocycles. The Kier molecular flexibility index (Phi) is 7.34. The second-order valence-corrected chi connectivity index (χ2v) is 18.5. The number of rotatable bonds is 4. The van der Waals surface area contributed by atoms with Gasteiger partial charge in [0.05, 0.1) is 0 Å². The number of hydrogen-bond donors (Lipinski definition) is 2. The topological polar surface area (TPSA) is 40.5 Å². The normalized spacial score (nSPS) is 15.5. The van der Waals surface area contributed by atoms with Crippen LogP contribution >= 0.6 is 0 Å². The van der Waals surface area contributed by atoms with E-state index in [1.807, 2.05) is 24.3 Å². The molecule has 59 heavy (non-hydrogen) atoms. The van der Waals surface area contributed by atoms with Crippen LogP contribution in [0.15, 0.2) is 158 Å². The number of fused-ring (bicyclic) bond motifs is 9. The van der Waals surface area contributed by atoms with Crippen molar-refractivity contribution in [3.8, 4) is 89.4 Å². The molecule has 8 aromatic carbocycles. The number of benzene rings is 8. The maximum atomic E-state index is 9.85. The molecule has 0 aromatic heterocycles. The third-order valence-corrected chi connectivity index (χ3v) is 14.1. The van der Waals surface area contributed by atoms with Gasteiger partial charge in [0.1, 0.15) is 11.5 Å².